The standard InChI is InChI=1S/C19H18N6O/c1-26-16-4-2-3-13(7-16)11-25-17-6-5-15(8-14(17)10-23-25)24-19-9-18(20)21-12-22-19/h2-10,12H,11H2,1H3,(H3,20,21,22,24). The van der Waals surface area contributed by atoms with Gasteiger partial charge >= 0.3 is 0 Å². The molecule has 2 heterocycles. The fraction of sp³-hybridized carbons (Fsp3) is 0.105. The van der Waals surface area contributed by atoms with Crippen molar-refractivity contribution in [3.63, 3.8) is 0 Å². The van der Waals surface area contributed by atoms with Crippen molar-refractivity contribution in [1.29, 1.82) is 0 Å². The summed E-state index contributed by atoms with van der Waals surface area (Å²) in [6.07, 6.45) is 3.29. The minimum Gasteiger partial charge on any atom is -0.497 e. The molecule has 0 unspecified atom stereocenters. The van der Waals surface area contributed by atoms with Gasteiger partial charge in [-0.3, -0.25) is 4.68 Å². The lowest BCUT2D eigenvalue weighted by molar-refractivity contribution is 0.414. The topological polar surface area (TPSA) is 90.9 Å². The maximum Gasteiger partial charge on any atom is 0.135 e. The van der Waals surface area contributed by atoms with Crippen LogP contribution in [0.4, 0.5) is 17.3 Å². The summed E-state index contributed by atoms with van der Waals surface area (Å²) in [4.78, 5) is 8.05. The molecular formula is C19H18N6O. The maximum atomic E-state index is 5.69. The summed E-state index contributed by atoms with van der Waals surface area (Å²) < 4.78 is 7.25. The molecule has 4 aromatic rings. The summed E-state index contributed by atoms with van der Waals surface area (Å²) in [6.45, 7) is 0.677. The van der Waals surface area contributed by atoms with Gasteiger partial charge in [-0.2, -0.15) is 5.10 Å². The molecule has 7 nitrogen and oxygen atoms in total. The molecular weight excluding hydrogens is 328 g/mol. The van der Waals surface area contributed by atoms with Gasteiger partial charge in [-0.05, 0) is 35.9 Å². The molecule has 26 heavy (non-hydrogen) atoms. The van der Waals surface area contributed by atoms with Gasteiger partial charge in [-0.15, -0.1) is 0 Å². The predicted molar refractivity (Wildman–Crippen MR) is 102 cm³/mol. The Morgan fingerprint density at radius 2 is 2.04 bits per heavy atom. The fourth-order valence-corrected chi connectivity index (χ4v) is 2.82. The smallest absolute Gasteiger partial charge is 0.135 e. The molecule has 0 fully saturated rings. The van der Waals surface area contributed by atoms with Crippen LogP contribution in [-0.4, -0.2) is 26.9 Å². The molecule has 4 rings (SSSR count). The van der Waals surface area contributed by atoms with Crippen LogP contribution in [0.15, 0.2) is 61.1 Å². The number of rotatable bonds is 5. The van der Waals surface area contributed by atoms with Crippen LogP contribution in [0.25, 0.3) is 10.9 Å². The molecule has 0 amide bonds. The van der Waals surface area contributed by atoms with Crippen molar-refractivity contribution in [2.75, 3.05) is 18.2 Å². The molecule has 0 aliphatic carbocycles. The van der Waals surface area contributed by atoms with Gasteiger partial charge in [0.2, 0.25) is 0 Å². The summed E-state index contributed by atoms with van der Waals surface area (Å²) in [5.41, 5.74) is 8.79. The fourth-order valence-electron chi connectivity index (χ4n) is 2.82. The van der Waals surface area contributed by atoms with Crippen LogP contribution in [-0.2, 0) is 6.54 Å². The molecule has 0 aliphatic heterocycles. The minimum absolute atomic E-state index is 0.426. The van der Waals surface area contributed by atoms with Crippen molar-refractivity contribution in [3.05, 3.63) is 66.6 Å². The Labute approximate surface area is 150 Å². The first-order valence-electron chi connectivity index (χ1n) is 8.14. The number of ether oxygens (including phenoxy) is 1. The number of nitrogens with two attached hydrogens (primary N) is 1. The van der Waals surface area contributed by atoms with Crippen molar-refractivity contribution >= 4 is 28.2 Å². The highest BCUT2D eigenvalue weighted by Crippen LogP contribution is 2.23. The van der Waals surface area contributed by atoms with Gasteiger partial charge in [0.1, 0.15) is 23.7 Å². The van der Waals surface area contributed by atoms with E-state index in [2.05, 4.69) is 26.4 Å². The van der Waals surface area contributed by atoms with E-state index >= 15 is 0 Å². The van der Waals surface area contributed by atoms with Crippen LogP contribution in [0.5, 0.6) is 5.75 Å². The van der Waals surface area contributed by atoms with Crippen LogP contribution < -0.4 is 15.8 Å². The summed E-state index contributed by atoms with van der Waals surface area (Å²) in [5.74, 6) is 1.92. The third-order valence-electron chi connectivity index (χ3n) is 4.07. The molecule has 2 aromatic heterocycles. The Kier molecular flexibility index (Phi) is 4.10. The molecule has 7 heteroatoms. The van der Waals surface area contributed by atoms with Crippen LogP contribution in [0, 0.1) is 0 Å². The largest absolute Gasteiger partial charge is 0.497 e. The molecule has 130 valence electrons. The van der Waals surface area contributed by atoms with Crippen molar-refractivity contribution in [2.24, 2.45) is 0 Å². The summed E-state index contributed by atoms with van der Waals surface area (Å²) in [7, 11) is 1.67. The summed E-state index contributed by atoms with van der Waals surface area (Å²) >= 11 is 0. The quantitative estimate of drug-likeness (QED) is 0.577. The van der Waals surface area contributed by atoms with E-state index < -0.39 is 0 Å². The SMILES string of the molecule is COc1cccc(Cn2ncc3cc(Nc4cc(N)ncn4)ccc32)c1. The molecule has 2 aromatic carbocycles. The first-order chi connectivity index (χ1) is 12.7. The number of nitrogen functional groups attached to an aromatic ring is 1. The van der Waals surface area contributed by atoms with Crippen LogP contribution in [0.3, 0.4) is 0 Å². The van der Waals surface area contributed by atoms with Gasteiger partial charge < -0.3 is 15.8 Å². The summed E-state index contributed by atoms with van der Waals surface area (Å²) in [6, 6.07) is 15.7. The zero-order chi connectivity index (χ0) is 17.9. The second kappa shape index (κ2) is 6.72. The number of nitrogens with one attached hydrogen (secondary N) is 1. The highest BCUT2D eigenvalue weighted by molar-refractivity contribution is 5.83. The van der Waals surface area contributed by atoms with E-state index in [0.29, 0.717) is 18.2 Å². The number of methoxy groups -OCH3 is 1. The van der Waals surface area contributed by atoms with E-state index in [0.717, 1.165) is 27.9 Å². The van der Waals surface area contributed by atoms with Crippen molar-refractivity contribution < 1.29 is 4.74 Å². The third-order valence-corrected chi connectivity index (χ3v) is 4.07. The molecule has 0 radical (unpaired) electrons. The van der Waals surface area contributed by atoms with E-state index in [9.17, 15) is 0 Å². The number of fused-ring (bicyclic) bond motifs is 1. The molecule has 3 N–H and O–H groups in total. The van der Waals surface area contributed by atoms with Gasteiger partial charge in [-0.1, -0.05) is 12.1 Å². The highest BCUT2D eigenvalue weighted by Gasteiger charge is 2.06. The van der Waals surface area contributed by atoms with Crippen LogP contribution in [0.2, 0.25) is 0 Å². The third kappa shape index (κ3) is 3.27. The van der Waals surface area contributed by atoms with E-state index in [4.69, 9.17) is 10.5 Å². The second-order valence-corrected chi connectivity index (χ2v) is 5.88. The maximum absolute atomic E-state index is 5.69. The van der Waals surface area contributed by atoms with E-state index in [1.54, 1.807) is 13.2 Å². The lowest BCUT2D eigenvalue weighted by atomic mass is 10.2. The number of nitrogens with zero attached hydrogens (tertiary/aromatic N) is 4. The lowest BCUT2D eigenvalue weighted by Crippen LogP contribution is -2.01. The van der Waals surface area contributed by atoms with E-state index in [1.807, 2.05) is 47.3 Å². The van der Waals surface area contributed by atoms with Crippen molar-refractivity contribution in [2.45, 2.75) is 6.54 Å². The van der Waals surface area contributed by atoms with Crippen LogP contribution >= 0.6 is 0 Å². The normalized spacial score (nSPS) is 10.8. The second-order valence-electron chi connectivity index (χ2n) is 5.88. The van der Waals surface area contributed by atoms with Gasteiger partial charge in [0.25, 0.3) is 0 Å². The predicted octanol–water partition coefficient (Wildman–Crippen LogP) is 3.21. The van der Waals surface area contributed by atoms with Crippen LogP contribution in [0.1, 0.15) is 5.56 Å². The first kappa shape index (κ1) is 15.9. The average molecular weight is 346 g/mol. The highest BCUT2D eigenvalue weighted by atomic mass is 16.5. The van der Waals surface area contributed by atoms with E-state index in [1.165, 1.54) is 6.33 Å². The number of hydrogen-bond acceptors (Lipinski definition) is 6. The zero-order valence-corrected chi connectivity index (χ0v) is 14.3. The molecule has 0 spiro atoms. The monoisotopic (exact) mass is 346 g/mol. The molecule has 0 saturated heterocycles. The average Bonchev–Trinajstić information content (AvgIpc) is 3.04. The Morgan fingerprint density at radius 1 is 1.12 bits per heavy atom. The molecule has 0 bridgehead atoms. The number of benzene rings is 2. The molecule has 0 atom stereocenters. The zero-order valence-electron chi connectivity index (χ0n) is 14.3. The Morgan fingerprint density at radius 3 is 2.88 bits per heavy atom. The van der Waals surface area contributed by atoms with Gasteiger partial charge in [0.15, 0.2) is 0 Å². The minimum atomic E-state index is 0.426. The van der Waals surface area contributed by atoms with E-state index in [-0.39, 0.29) is 0 Å². The Balaban J connectivity index is 1.59. The Bertz CT molecular complexity index is 1060. The first-order valence-corrected chi connectivity index (χ1v) is 8.14. The number of hydrogen-bond donors (Lipinski definition) is 2. The Hall–Kier alpha value is -3.61. The van der Waals surface area contributed by atoms with Gasteiger partial charge in [-0.25, -0.2) is 9.97 Å². The van der Waals surface area contributed by atoms with Crippen molar-refractivity contribution in [3.8, 4) is 5.75 Å². The number of anilines is 3. The van der Waals surface area contributed by atoms with Gasteiger partial charge in [0.05, 0.1) is 25.4 Å². The lowest BCUT2D eigenvalue weighted by Gasteiger charge is -2.08. The molecule has 0 saturated carbocycles. The number of aromatic nitrogens is 4. The summed E-state index contributed by atoms with van der Waals surface area (Å²) in [5, 5.41) is 8.78. The van der Waals surface area contributed by atoms with Crippen molar-refractivity contribution in [1.82, 2.24) is 19.7 Å². The van der Waals surface area contributed by atoms with Gasteiger partial charge in [0, 0.05) is 17.1 Å². The molecule has 0 aliphatic rings.